The predicted octanol–water partition coefficient (Wildman–Crippen LogP) is 3.58. The van der Waals surface area contributed by atoms with E-state index in [2.05, 4.69) is 46.3 Å². The van der Waals surface area contributed by atoms with Crippen LogP contribution in [0.3, 0.4) is 0 Å². The van der Waals surface area contributed by atoms with Gasteiger partial charge in [-0.3, -0.25) is 4.99 Å². The van der Waals surface area contributed by atoms with Crippen LogP contribution in [-0.4, -0.2) is 54.7 Å². The first-order chi connectivity index (χ1) is 13.6. The van der Waals surface area contributed by atoms with Gasteiger partial charge in [-0.2, -0.15) is 0 Å². The van der Waals surface area contributed by atoms with Crippen molar-refractivity contribution < 1.29 is 4.74 Å². The molecule has 1 aromatic heterocycles. The van der Waals surface area contributed by atoms with E-state index in [0.29, 0.717) is 18.7 Å². The summed E-state index contributed by atoms with van der Waals surface area (Å²) in [5.74, 6) is 1.57. The number of ether oxygens (including phenoxy) is 1. The fourth-order valence-corrected chi connectivity index (χ4v) is 3.65. The number of rotatable bonds is 11. The molecular formula is C22H39N5O. The van der Waals surface area contributed by atoms with E-state index in [4.69, 9.17) is 4.74 Å². The highest BCUT2D eigenvalue weighted by Gasteiger charge is 2.17. The van der Waals surface area contributed by atoms with Gasteiger partial charge in [0.05, 0.1) is 0 Å². The summed E-state index contributed by atoms with van der Waals surface area (Å²) in [4.78, 5) is 11.2. The molecule has 0 aromatic carbocycles. The van der Waals surface area contributed by atoms with Crippen LogP contribution in [0.25, 0.3) is 0 Å². The number of nitrogens with one attached hydrogen (secondary N) is 2. The molecule has 1 aliphatic rings. The average Bonchev–Trinajstić information content (AvgIpc) is 3.21. The van der Waals surface area contributed by atoms with Crippen LogP contribution < -0.4 is 15.4 Å². The number of aliphatic imine (C=N–C) groups is 1. The zero-order chi connectivity index (χ0) is 20.2. The van der Waals surface area contributed by atoms with Crippen molar-refractivity contribution in [3.8, 4) is 5.88 Å². The highest BCUT2D eigenvalue weighted by atomic mass is 16.5. The van der Waals surface area contributed by atoms with Gasteiger partial charge in [0, 0.05) is 31.9 Å². The van der Waals surface area contributed by atoms with Gasteiger partial charge in [0.25, 0.3) is 0 Å². The van der Waals surface area contributed by atoms with Crippen molar-refractivity contribution in [2.75, 3.05) is 26.7 Å². The number of pyridine rings is 1. The Kier molecular flexibility index (Phi) is 10.1. The molecule has 1 fully saturated rings. The molecule has 6 nitrogen and oxygen atoms in total. The molecule has 1 aromatic rings. The van der Waals surface area contributed by atoms with E-state index < -0.39 is 0 Å². The average molecular weight is 390 g/mol. The standard InChI is InChI=1S/C22H39N5O/c1-5-27(6-2)15-9-10-18(3)26-22(23-4)25-17-19-13-14-24-21(16-19)28-20-11-7-8-12-20/h13-14,16,18,20H,5-12,15,17H2,1-4H3,(H2,23,25,26). The summed E-state index contributed by atoms with van der Waals surface area (Å²) in [7, 11) is 1.82. The third kappa shape index (κ3) is 8.05. The topological polar surface area (TPSA) is 61.8 Å². The molecule has 2 N–H and O–H groups in total. The molecule has 158 valence electrons. The van der Waals surface area contributed by atoms with Crippen molar-refractivity contribution in [1.29, 1.82) is 0 Å². The normalized spacial score (nSPS) is 16.4. The molecule has 0 saturated heterocycles. The molecule has 1 atom stereocenters. The second-order valence-electron chi connectivity index (χ2n) is 7.67. The first-order valence-electron chi connectivity index (χ1n) is 11.0. The van der Waals surface area contributed by atoms with Crippen molar-refractivity contribution in [3.63, 3.8) is 0 Å². The van der Waals surface area contributed by atoms with Crippen molar-refractivity contribution in [3.05, 3.63) is 23.9 Å². The van der Waals surface area contributed by atoms with Gasteiger partial charge in [-0.25, -0.2) is 4.98 Å². The minimum Gasteiger partial charge on any atom is -0.474 e. The number of hydrogen-bond donors (Lipinski definition) is 2. The summed E-state index contributed by atoms with van der Waals surface area (Å²) in [6.45, 7) is 10.8. The molecule has 2 rings (SSSR count). The van der Waals surface area contributed by atoms with Crippen LogP contribution in [0.1, 0.15) is 64.9 Å². The van der Waals surface area contributed by atoms with Gasteiger partial charge < -0.3 is 20.3 Å². The monoisotopic (exact) mass is 389 g/mol. The predicted molar refractivity (Wildman–Crippen MR) is 117 cm³/mol. The van der Waals surface area contributed by atoms with E-state index in [1.807, 2.05) is 25.4 Å². The van der Waals surface area contributed by atoms with Crippen molar-refractivity contribution in [2.45, 2.75) is 78.0 Å². The molecule has 0 radical (unpaired) electrons. The van der Waals surface area contributed by atoms with Gasteiger partial charge in [-0.15, -0.1) is 0 Å². The number of guanidine groups is 1. The van der Waals surface area contributed by atoms with Crippen LogP contribution in [0.15, 0.2) is 23.3 Å². The lowest BCUT2D eigenvalue weighted by molar-refractivity contribution is 0.201. The van der Waals surface area contributed by atoms with Gasteiger partial charge in [-0.05, 0) is 76.7 Å². The zero-order valence-corrected chi connectivity index (χ0v) is 18.2. The number of hydrogen-bond acceptors (Lipinski definition) is 4. The van der Waals surface area contributed by atoms with Crippen LogP contribution in [-0.2, 0) is 6.54 Å². The van der Waals surface area contributed by atoms with Gasteiger partial charge in [0.1, 0.15) is 6.10 Å². The molecule has 1 heterocycles. The minimum absolute atomic E-state index is 0.335. The van der Waals surface area contributed by atoms with E-state index in [0.717, 1.165) is 56.3 Å². The minimum atomic E-state index is 0.335. The largest absolute Gasteiger partial charge is 0.474 e. The van der Waals surface area contributed by atoms with Gasteiger partial charge >= 0.3 is 0 Å². The summed E-state index contributed by atoms with van der Waals surface area (Å²) in [5.41, 5.74) is 1.15. The van der Waals surface area contributed by atoms with Gasteiger partial charge in [0.2, 0.25) is 5.88 Å². The Balaban J connectivity index is 1.73. The Hall–Kier alpha value is -1.82. The zero-order valence-electron chi connectivity index (χ0n) is 18.2. The second-order valence-corrected chi connectivity index (χ2v) is 7.67. The number of nitrogens with zero attached hydrogens (tertiary/aromatic N) is 3. The Morgan fingerprint density at radius 3 is 2.75 bits per heavy atom. The molecule has 1 aliphatic carbocycles. The van der Waals surface area contributed by atoms with Gasteiger partial charge in [-0.1, -0.05) is 13.8 Å². The first-order valence-corrected chi connectivity index (χ1v) is 11.0. The van der Waals surface area contributed by atoms with Gasteiger partial charge in [0.15, 0.2) is 5.96 Å². The van der Waals surface area contributed by atoms with E-state index in [-0.39, 0.29) is 0 Å². The summed E-state index contributed by atoms with van der Waals surface area (Å²) in [6.07, 6.45) is 9.31. The summed E-state index contributed by atoms with van der Waals surface area (Å²) in [6, 6.07) is 4.45. The lowest BCUT2D eigenvalue weighted by Gasteiger charge is -2.21. The van der Waals surface area contributed by atoms with Crippen molar-refractivity contribution in [1.82, 2.24) is 20.5 Å². The maximum Gasteiger partial charge on any atom is 0.213 e. The smallest absolute Gasteiger partial charge is 0.213 e. The SMILES string of the molecule is CCN(CC)CCCC(C)NC(=NC)NCc1ccnc(OC2CCCC2)c1. The molecule has 1 unspecified atom stereocenters. The van der Waals surface area contributed by atoms with E-state index >= 15 is 0 Å². The summed E-state index contributed by atoms with van der Waals surface area (Å²) < 4.78 is 6.01. The van der Waals surface area contributed by atoms with Crippen LogP contribution in [0.4, 0.5) is 0 Å². The maximum absolute atomic E-state index is 6.01. The molecule has 0 aliphatic heterocycles. The second kappa shape index (κ2) is 12.6. The fourth-order valence-electron chi connectivity index (χ4n) is 3.65. The third-order valence-corrected chi connectivity index (χ3v) is 5.46. The highest BCUT2D eigenvalue weighted by Crippen LogP contribution is 2.23. The Bertz CT molecular complexity index is 582. The Morgan fingerprint density at radius 2 is 2.07 bits per heavy atom. The Labute approximate surface area is 171 Å². The van der Waals surface area contributed by atoms with Crippen LogP contribution in [0.5, 0.6) is 5.88 Å². The molecule has 0 spiro atoms. The number of aromatic nitrogens is 1. The molecular weight excluding hydrogens is 350 g/mol. The Morgan fingerprint density at radius 1 is 1.32 bits per heavy atom. The highest BCUT2D eigenvalue weighted by molar-refractivity contribution is 5.79. The third-order valence-electron chi connectivity index (χ3n) is 5.46. The van der Waals surface area contributed by atoms with Crippen LogP contribution in [0.2, 0.25) is 0 Å². The summed E-state index contributed by atoms with van der Waals surface area (Å²) >= 11 is 0. The van der Waals surface area contributed by atoms with E-state index in [1.54, 1.807) is 0 Å². The molecule has 28 heavy (non-hydrogen) atoms. The van der Waals surface area contributed by atoms with Crippen molar-refractivity contribution in [2.24, 2.45) is 4.99 Å². The lowest BCUT2D eigenvalue weighted by Crippen LogP contribution is -2.42. The van der Waals surface area contributed by atoms with E-state index in [9.17, 15) is 0 Å². The molecule has 1 saturated carbocycles. The first kappa shape index (κ1) is 22.5. The van der Waals surface area contributed by atoms with Crippen molar-refractivity contribution >= 4 is 5.96 Å². The molecule has 6 heteroatoms. The molecule has 0 amide bonds. The van der Waals surface area contributed by atoms with Crippen LogP contribution in [0, 0.1) is 0 Å². The summed E-state index contributed by atoms with van der Waals surface area (Å²) in [5, 5.41) is 6.90. The molecule has 0 bridgehead atoms. The lowest BCUT2D eigenvalue weighted by atomic mass is 10.2. The quantitative estimate of drug-likeness (QED) is 0.447. The fraction of sp³-hybridized carbons (Fsp3) is 0.727. The van der Waals surface area contributed by atoms with Crippen LogP contribution >= 0.6 is 0 Å². The maximum atomic E-state index is 6.01. The van der Waals surface area contributed by atoms with E-state index in [1.165, 1.54) is 19.3 Å².